The van der Waals surface area contributed by atoms with Crippen LogP contribution in [0, 0.1) is 20.8 Å². The fourth-order valence-corrected chi connectivity index (χ4v) is 3.67. The Balaban J connectivity index is 0.000000619. The van der Waals surface area contributed by atoms with Crippen LogP contribution in [-0.2, 0) is 13.1 Å². The van der Waals surface area contributed by atoms with Crippen molar-refractivity contribution in [2.75, 3.05) is 6.61 Å². The number of ketones is 1. The summed E-state index contributed by atoms with van der Waals surface area (Å²) in [5.41, 5.74) is 3.00. The minimum absolute atomic E-state index is 0. The van der Waals surface area contributed by atoms with Crippen LogP contribution in [0.3, 0.4) is 0 Å². The number of hydrogen-bond donors (Lipinski definition) is 2. The van der Waals surface area contributed by atoms with Crippen LogP contribution in [0.25, 0.3) is 10.9 Å². The largest absolute Gasteiger partial charge is 1.00 e. The molecule has 1 aliphatic heterocycles. The number of aromatic amines is 1. The quantitative estimate of drug-likeness (QED) is 0.302. The summed E-state index contributed by atoms with van der Waals surface area (Å²) in [6.45, 7) is 13.9. The van der Waals surface area contributed by atoms with Gasteiger partial charge in [-0.05, 0) is 35.9 Å². The molecule has 0 bridgehead atoms. The summed E-state index contributed by atoms with van der Waals surface area (Å²) in [6.07, 6.45) is 3.54. The van der Waals surface area contributed by atoms with E-state index in [1.54, 1.807) is 17.9 Å². The summed E-state index contributed by atoms with van der Waals surface area (Å²) >= 11 is 0. The molecule has 3 aromatic rings. The third kappa shape index (κ3) is 6.49. The predicted molar refractivity (Wildman–Crippen MR) is 128 cm³/mol. The zero-order valence-corrected chi connectivity index (χ0v) is 23.1. The molecule has 2 heterocycles. The maximum atomic E-state index is 13.1. The van der Waals surface area contributed by atoms with Crippen LogP contribution in [-0.4, -0.2) is 38.5 Å². The third-order valence-electron chi connectivity index (χ3n) is 5.45. The fourth-order valence-electron chi connectivity index (χ4n) is 3.67. The Morgan fingerprint density at radius 3 is 2.44 bits per heavy atom. The number of H-pyrrole nitrogens is 1. The number of Topliss-reactive ketones (excluding diaryl/α,β-unsaturated/α-hetero) is 1. The molecule has 8 heteroatoms. The maximum absolute atomic E-state index is 13.1. The van der Waals surface area contributed by atoms with Crippen LogP contribution in [0.4, 0.5) is 0 Å². The number of carbonyl (C=O) groups is 2. The minimum Gasteiger partial charge on any atom is -0.525 e. The summed E-state index contributed by atoms with van der Waals surface area (Å²) in [6, 6.07) is 8.68. The molecule has 0 radical (unpaired) electrons. The summed E-state index contributed by atoms with van der Waals surface area (Å²) in [7, 11) is 0. The molecule has 2 N–H and O–H groups in total. The smallest absolute Gasteiger partial charge is 0.525 e. The van der Waals surface area contributed by atoms with E-state index in [1.807, 2.05) is 18.2 Å². The van der Waals surface area contributed by atoms with E-state index >= 15 is 0 Å². The Bertz CT molecular complexity index is 1140. The van der Waals surface area contributed by atoms with Crippen LogP contribution in [0.2, 0.25) is 0 Å². The number of nitrogens with one attached hydrogen (secondary N) is 1. The van der Waals surface area contributed by atoms with Crippen molar-refractivity contribution in [1.29, 1.82) is 0 Å². The summed E-state index contributed by atoms with van der Waals surface area (Å²) in [5.74, 6) is 0.148. The van der Waals surface area contributed by atoms with Crippen molar-refractivity contribution >= 4 is 22.6 Å². The zero-order chi connectivity index (χ0) is 24.0. The molecule has 0 fully saturated rings. The van der Waals surface area contributed by atoms with Gasteiger partial charge in [0.1, 0.15) is 17.2 Å². The number of unbranched alkanes of at least 4 members (excludes halogenated alkanes) is 2. The first kappa shape index (κ1) is 28.5. The number of ether oxygens (including phenoxy) is 1. The minimum atomic E-state index is -0.300. The molecule has 1 amide bonds. The number of fused-ring (bicyclic) bond motifs is 2. The second-order valence-corrected chi connectivity index (χ2v) is 7.76. The monoisotopic (exact) mass is 487 g/mol. The number of nitrogens with zero attached hydrogens (tertiary/aromatic N) is 2. The van der Waals surface area contributed by atoms with Gasteiger partial charge in [0.15, 0.2) is 5.78 Å². The number of aromatic nitrogens is 2. The molecule has 0 spiro atoms. The Labute approximate surface area is 243 Å². The number of aromatic hydroxyl groups is 1. The van der Waals surface area contributed by atoms with Crippen molar-refractivity contribution in [1.82, 2.24) is 15.1 Å². The number of phenols is 1. The molecule has 0 unspecified atom stereocenters. The summed E-state index contributed by atoms with van der Waals surface area (Å²) < 4.78 is 5.42. The molecule has 0 saturated carbocycles. The molecule has 1 aliphatic rings. The molecule has 4 rings (SSSR count). The van der Waals surface area contributed by atoms with Crippen molar-refractivity contribution in [2.45, 2.75) is 45.7 Å². The van der Waals surface area contributed by atoms with Crippen molar-refractivity contribution in [3.8, 4) is 11.5 Å². The number of carbonyl (C=O) groups excluding carboxylic acids is 2. The van der Waals surface area contributed by atoms with Crippen LogP contribution < -0.4 is 56.1 Å². The van der Waals surface area contributed by atoms with Gasteiger partial charge in [-0.3, -0.25) is 14.7 Å². The van der Waals surface area contributed by atoms with E-state index in [0.29, 0.717) is 42.8 Å². The van der Waals surface area contributed by atoms with Gasteiger partial charge in [-0.2, -0.15) is 17.9 Å². The van der Waals surface area contributed by atoms with Crippen LogP contribution in [0.5, 0.6) is 11.5 Å². The van der Waals surface area contributed by atoms with Gasteiger partial charge >= 0.3 is 51.4 Å². The van der Waals surface area contributed by atoms with Crippen molar-refractivity contribution in [3.63, 3.8) is 0 Å². The first-order valence-electron chi connectivity index (χ1n) is 11.1. The van der Waals surface area contributed by atoms with E-state index in [4.69, 9.17) is 4.74 Å². The van der Waals surface area contributed by atoms with Gasteiger partial charge < -0.3 is 35.5 Å². The topological polar surface area (TPSA) is 95.5 Å². The van der Waals surface area contributed by atoms with Gasteiger partial charge in [-0.15, -0.1) is 6.42 Å². The Hall–Kier alpha value is -1.71. The Kier molecular flexibility index (Phi) is 11.2. The molecule has 7 nitrogen and oxygen atoms in total. The number of amides is 1. The standard InChI is InChI=1S/C21H20N3O4.C5H10.K/c1-3-18(25)20-15-8-16(19(26)9-17(15)22-23-20)21(27)24-10-12-5-6-14(28-4-2)7-13(12)11-24;1-3-5-4-2;/h5-9,26H,2-4,10-11H2,1H3,(H,22,23);1-5H2;/q-1;-2;+1. The van der Waals surface area contributed by atoms with Crippen molar-refractivity contribution < 1.29 is 70.8 Å². The molecule has 176 valence electrons. The maximum Gasteiger partial charge on any atom is 1.00 e. The van der Waals surface area contributed by atoms with Gasteiger partial charge in [0.25, 0.3) is 5.91 Å². The number of hydrogen-bond acceptors (Lipinski definition) is 5. The van der Waals surface area contributed by atoms with E-state index in [0.717, 1.165) is 24.0 Å². The number of benzene rings is 2. The van der Waals surface area contributed by atoms with E-state index in [2.05, 4.69) is 31.0 Å². The second kappa shape index (κ2) is 13.4. The Morgan fingerprint density at radius 2 is 1.82 bits per heavy atom. The van der Waals surface area contributed by atoms with E-state index in [9.17, 15) is 14.7 Å². The van der Waals surface area contributed by atoms with E-state index in [-0.39, 0.29) is 80.1 Å². The number of rotatable bonds is 7. The summed E-state index contributed by atoms with van der Waals surface area (Å²) in [4.78, 5) is 26.8. The summed E-state index contributed by atoms with van der Waals surface area (Å²) in [5, 5.41) is 17.7. The molecule has 2 aromatic carbocycles. The Morgan fingerprint density at radius 1 is 1.12 bits per heavy atom. The molecule has 1 aromatic heterocycles. The average Bonchev–Trinajstić information content (AvgIpc) is 3.42. The molecular weight excluding hydrogens is 457 g/mol. The molecule has 0 aliphatic carbocycles. The van der Waals surface area contributed by atoms with Crippen LogP contribution in [0.15, 0.2) is 30.3 Å². The molecule has 34 heavy (non-hydrogen) atoms. The van der Waals surface area contributed by atoms with Gasteiger partial charge in [0.2, 0.25) is 0 Å². The predicted octanol–water partition coefficient (Wildman–Crippen LogP) is 2.06. The zero-order valence-electron chi connectivity index (χ0n) is 20.0. The fraction of sp³-hybridized carbons (Fsp3) is 0.308. The van der Waals surface area contributed by atoms with Gasteiger partial charge in [-0.25, -0.2) is 0 Å². The van der Waals surface area contributed by atoms with Gasteiger partial charge in [0, 0.05) is 31.0 Å². The van der Waals surface area contributed by atoms with E-state index in [1.165, 1.54) is 12.5 Å². The molecule has 0 atom stereocenters. The van der Waals surface area contributed by atoms with Crippen molar-refractivity contribution in [2.24, 2.45) is 0 Å². The average molecular weight is 488 g/mol. The first-order valence-corrected chi connectivity index (χ1v) is 11.1. The van der Waals surface area contributed by atoms with Crippen LogP contribution in [0.1, 0.15) is 64.6 Å². The first-order chi connectivity index (χ1) is 15.9. The normalized spacial score (nSPS) is 11.9. The second-order valence-electron chi connectivity index (χ2n) is 7.76. The van der Waals surface area contributed by atoms with Gasteiger partial charge in [0.05, 0.1) is 11.1 Å². The number of phenolic OH excluding ortho intramolecular Hbond substituents is 1. The van der Waals surface area contributed by atoms with Gasteiger partial charge in [-0.1, -0.05) is 13.0 Å². The third-order valence-corrected chi connectivity index (χ3v) is 5.45. The van der Waals surface area contributed by atoms with Crippen molar-refractivity contribution in [3.05, 3.63) is 73.5 Å². The molecular formula is C26H30KN3O4-2. The molecule has 0 saturated heterocycles. The van der Waals surface area contributed by atoms with Crippen LogP contribution >= 0.6 is 0 Å². The van der Waals surface area contributed by atoms with E-state index < -0.39 is 0 Å². The SMILES string of the molecule is [CH2-]CCC[CH2-].[CH2-]COc1ccc2c(c1)CN(C(=O)c1cc3c(C(=O)CC)n[nH]c3cc1O)C2.[K+].